The molecule has 1 unspecified atom stereocenters. The van der Waals surface area contributed by atoms with Gasteiger partial charge in [-0.1, -0.05) is 23.7 Å². The van der Waals surface area contributed by atoms with E-state index in [-0.39, 0.29) is 22.1 Å². The molecule has 8 nitrogen and oxygen atoms in total. The summed E-state index contributed by atoms with van der Waals surface area (Å²) in [5.74, 6) is -1.61. The SMILES string of the molecule is NC1NC(=O)c2c(NC(=O)c3cc(C(F)(F)F)nn3-c3ncccc3Cl)cccc21. The van der Waals surface area contributed by atoms with Crippen molar-refractivity contribution in [2.24, 2.45) is 5.73 Å². The number of hydrogen-bond donors (Lipinski definition) is 3. The smallest absolute Gasteiger partial charge is 0.333 e. The molecule has 1 aliphatic heterocycles. The second kappa shape index (κ2) is 7.11. The number of nitrogens with two attached hydrogens (primary N) is 1. The molecule has 4 rings (SSSR count). The van der Waals surface area contributed by atoms with E-state index in [9.17, 15) is 22.8 Å². The van der Waals surface area contributed by atoms with Crippen LogP contribution in [-0.2, 0) is 6.18 Å². The number of aromatic nitrogens is 3. The van der Waals surface area contributed by atoms with Crippen LogP contribution in [0.2, 0.25) is 5.02 Å². The number of hydrogen-bond acceptors (Lipinski definition) is 5. The third kappa shape index (κ3) is 3.37. The monoisotopic (exact) mass is 436 g/mol. The first-order valence-corrected chi connectivity index (χ1v) is 8.83. The van der Waals surface area contributed by atoms with Gasteiger partial charge in [0.2, 0.25) is 0 Å². The normalized spacial score (nSPS) is 15.6. The van der Waals surface area contributed by atoms with E-state index in [0.717, 1.165) is 0 Å². The third-order valence-corrected chi connectivity index (χ3v) is 4.66. The summed E-state index contributed by atoms with van der Waals surface area (Å²) >= 11 is 6.03. The van der Waals surface area contributed by atoms with Crippen molar-refractivity contribution in [3.8, 4) is 5.82 Å². The molecule has 0 fully saturated rings. The number of carbonyl (C=O) groups is 2. The summed E-state index contributed by atoms with van der Waals surface area (Å²) in [7, 11) is 0. The fourth-order valence-electron chi connectivity index (χ4n) is 3.04. The van der Waals surface area contributed by atoms with Crippen molar-refractivity contribution in [1.29, 1.82) is 0 Å². The van der Waals surface area contributed by atoms with Gasteiger partial charge < -0.3 is 16.4 Å². The van der Waals surface area contributed by atoms with Gasteiger partial charge in [-0.2, -0.15) is 18.3 Å². The van der Waals surface area contributed by atoms with E-state index in [1.807, 2.05) is 0 Å². The summed E-state index contributed by atoms with van der Waals surface area (Å²) < 4.78 is 40.4. The topological polar surface area (TPSA) is 115 Å². The van der Waals surface area contributed by atoms with Gasteiger partial charge in [0.25, 0.3) is 11.8 Å². The lowest BCUT2D eigenvalue weighted by atomic mass is 10.1. The lowest BCUT2D eigenvalue weighted by Gasteiger charge is -2.11. The molecule has 2 aromatic heterocycles. The summed E-state index contributed by atoms with van der Waals surface area (Å²) in [4.78, 5) is 28.9. The number of pyridine rings is 1. The predicted molar refractivity (Wildman–Crippen MR) is 100 cm³/mol. The van der Waals surface area contributed by atoms with Crippen LogP contribution in [0, 0.1) is 0 Å². The van der Waals surface area contributed by atoms with Gasteiger partial charge in [-0.15, -0.1) is 0 Å². The maximum Gasteiger partial charge on any atom is 0.435 e. The number of anilines is 1. The Balaban J connectivity index is 1.78. The molecule has 30 heavy (non-hydrogen) atoms. The van der Waals surface area contributed by atoms with Gasteiger partial charge in [0.05, 0.1) is 16.3 Å². The molecule has 2 amide bonds. The van der Waals surface area contributed by atoms with Gasteiger partial charge in [0.15, 0.2) is 11.5 Å². The number of amides is 2. The molecule has 0 radical (unpaired) electrons. The van der Waals surface area contributed by atoms with E-state index in [1.165, 1.54) is 24.4 Å². The van der Waals surface area contributed by atoms with Gasteiger partial charge in [-0.05, 0) is 18.2 Å². The van der Waals surface area contributed by atoms with Gasteiger partial charge in [0, 0.05) is 17.8 Å². The Kier molecular flexibility index (Phi) is 4.71. The van der Waals surface area contributed by atoms with Crippen LogP contribution in [0.1, 0.15) is 38.3 Å². The number of benzene rings is 1. The molecule has 0 spiro atoms. The molecule has 3 heterocycles. The fraction of sp³-hybridized carbons (Fsp3) is 0.111. The molecule has 154 valence electrons. The molecular formula is C18H12ClF3N6O2. The Bertz CT molecular complexity index is 1180. The van der Waals surface area contributed by atoms with E-state index >= 15 is 0 Å². The van der Waals surface area contributed by atoms with E-state index in [2.05, 4.69) is 20.7 Å². The third-order valence-electron chi connectivity index (χ3n) is 4.37. The highest BCUT2D eigenvalue weighted by atomic mass is 35.5. The summed E-state index contributed by atoms with van der Waals surface area (Å²) in [6.45, 7) is 0. The Morgan fingerprint density at radius 2 is 2.03 bits per heavy atom. The average Bonchev–Trinajstić information content (AvgIpc) is 3.25. The lowest BCUT2D eigenvalue weighted by molar-refractivity contribution is -0.141. The van der Waals surface area contributed by atoms with Gasteiger partial charge >= 0.3 is 6.18 Å². The minimum atomic E-state index is -4.80. The van der Waals surface area contributed by atoms with Crippen molar-refractivity contribution in [2.45, 2.75) is 12.3 Å². The average molecular weight is 437 g/mol. The Labute approximate surface area is 171 Å². The van der Waals surface area contributed by atoms with Crippen LogP contribution in [0.4, 0.5) is 18.9 Å². The Morgan fingerprint density at radius 3 is 2.73 bits per heavy atom. The van der Waals surface area contributed by atoms with Crippen molar-refractivity contribution < 1.29 is 22.8 Å². The van der Waals surface area contributed by atoms with Crippen LogP contribution in [0.3, 0.4) is 0 Å². The van der Waals surface area contributed by atoms with Crippen LogP contribution in [0.5, 0.6) is 0 Å². The van der Waals surface area contributed by atoms with Gasteiger partial charge in [-0.25, -0.2) is 9.67 Å². The number of fused-ring (bicyclic) bond motifs is 1. The van der Waals surface area contributed by atoms with E-state index < -0.39 is 35.5 Å². The highest BCUT2D eigenvalue weighted by molar-refractivity contribution is 6.32. The minimum absolute atomic E-state index is 0.00525. The number of rotatable bonds is 3. The number of carbonyl (C=O) groups excluding carboxylic acids is 2. The molecule has 0 aliphatic carbocycles. The maximum atomic E-state index is 13.2. The van der Waals surface area contributed by atoms with Crippen molar-refractivity contribution in [2.75, 3.05) is 5.32 Å². The van der Waals surface area contributed by atoms with Gasteiger partial charge in [0.1, 0.15) is 11.9 Å². The van der Waals surface area contributed by atoms with Crippen LogP contribution < -0.4 is 16.4 Å². The largest absolute Gasteiger partial charge is 0.435 e. The van der Waals surface area contributed by atoms with Crippen molar-refractivity contribution in [3.63, 3.8) is 0 Å². The minimum Gasteiger partial charge on any atom is -0.333 e. The number of alkyl halides is 3. The maximum absolute atomic E-state index is 13.2. The molecule has 1 atom stereocenters. The summed E-state index contributed by atoms with van der Waals surface area (Å²) in [5.41, 5.74) is 4.72. The molecule has 0 saturated heterocycles. The number of halogens is 4. The molecule has 1 aliphatic rings. The first kappa shape index (κ1) is 19.9. The summed E-state index contributed by atoms with van der Waals surface area (Å²) in [6.07, 6.45) is -4.26. The Hall–Kier alpha value is -3.44. The highest BCUT2D eigenvalue weighted by Gasteiger charge is 2.37. The number of nitrogens with one attached hydrogen (secondary N) is 2. The molecule has 12 heteroatoms. The quantitative estimate of drug-likeness (QED) is 0.584. The molecular weight excluding hydrogens is 425 g/mol. The zero-order valence-electron chi connectivity index (χ0n) is 14.9. The first-order valence-electron chi connectivity index (χ1n) is 8.45. The van der Waals surface area contributed by atoms with E-state index in [0.29, 0.717) is 16.3 Å². The molecule has 0 bridgehead atoms. The van der Waals surface area contributed by atoms with Crippen molar-refractivity contribution >= 4 is 29.1 Å². The van der Waals surface area contributed by atoms with E-state index in [1.54, 1.807) is 12.1 Å². The van der Waals surface area contributed by atoms with Crippen LogP contribution in [0.25, 0.3) is 5.82 Å². The number of nitrogens with zero attached hydrogens (tertiary/aromatic N) is 3. The second-order valence-electron chi connectivity index (χ2n) is 6.31. The van der Waals surface area contributed by atoms with Crippen LogP contribution in [0.15, 0.2) is 42.6 Å². The standard InChI is InChI=1S/C18H12ClF3N6O2/c19-9-4-2-6-24-15(9)28-11(7-12(27-28)18(20,21)22)16(29)25-10-5-1-3-8-13(10)17(30)26-14(8)23/h1-7,14H,23H2,(H,25,29)(H,26,30). The fourth-order valence-corrected chi connectivity index (χ4v) is 3.24. The summed E-state index contributed by atoms with van der Waals surface area (Å²) in [5, 5.41) is 8.40. The van der Waals surface area contributed by atoms with Crippen LogP contribution >= 0.6 is 11.6 Å². The lowest BCUT2D eigenvalue weighted by Crippen LogP contribution is -2.25. The molecule has 3 aromatic rings. The molecule has 4 N–H and O–H groups in total. The molecule has 0 saturated carbocycles. The zero-order valence-corrected chi connectivity index (χ0v) is 15.6. The molecule has 1 aromatic carbocycles. The first-order chi connectivity index (χ1) is 14.2. The summed E-state index contributed by atoms with van der Waals surface area (Å²) in [6, 6.07) is 8.06. The second-order valence-corrected chi connectivity index (χ2v) is 6.72. The Morgan fingerprint density at radius 1 is 1.27 bits per heavy atom. The predicted octanol–water partition coefficient (Wildman–Crippen LogP) is 2.89. The zero-order chi connectivity index (χ0) is 21.6. The van der Waals surface area contributed by atoms with Crippen molar-refractivity contribution in [3.05, 3.63) is 70.1 Å². The van der Waals surface area contributed by atoms with Crippen LogP contribution in [-0.4, -0.2) is 26.6 Å². The van der Waals surface area contributed by atoms with Crippen molar-refractivity contribution in [1.82, 2.24) is 20.1 Å². The highest BCUT2D eigenvalue weighted by Crippen LogP contribution is 2.32. The van der Waals surface area contributed by atoms with E-state index in [4.69, 9.17) is 17.3 Å². The van der Waals surface area contributed by atoms with Gasteiger partial charge in [-0.3, -0.25) is 9.59 Å².